The summed E-state index contributed by atoms with van der Waals surface area (Å²) in [6.07, 6.45) is 3.64. The van der Waals surface area contributed by atoms with Crippen LogP contribution in [0.4, 0.5) is 5.95 Å². The average Bonchev–Trinajstić information content (AvgIpc) is 2.83. The maximum absolute atomic E-state index is 5.85. The molecular formula is C14H18ClN3. The monoisotopic (exact) mass is 263 g/mol. The molecular weight excluding hydrogens is 246 g/mol. The molecule has 96 valence electrons. The smallest absolute Gasteiger partial charge is 0.203 e. The molecule has 3 nitrogen and oxygen atoms in total. The molecule has 1 aliphatic rings. The number of aromatic nitrogens is 2. The van der Waals surface area contributed by atoms with Gasteiger partial charge in [-0.3, -0.25) is 0 Å². The van der Waals surface area contributed by atoms with Gasteiger partial charge in [0.1, 0.15) is 0 Å². The first-order valence-corrected chi connectivity index (χ1v) is 7.16. The van der Waals surface area contributed by atoms with E-state index < -0.39 is 0 Å². The van der Waals surface area contributed by atoms with Crippen molar-refractivity contribution in [3.63, 3.8) is 0 Å². The molecule has 0 bridgehead atoms. The van der Waals surface area contributed by atoms with Crippen LogP contribution in [0.15, 0.2) is 24.3 Å². The Morgan fingerprint density at radius 3 is 3.11 bits per heavy atom. The summed E-state index contributed by atoms with van der Waals surface area (Å²) >= 11 is 5.85. The zero-order chi connectivity index (χ0) is 12.4. The van der Waals surface area contributed by atoms with E-state index in [4.69, 9.17) is 11.6 Å². The molecule has 0 spiro atoms. The summed E-state index contributed by atoms with van der Waals surface area (Å²) in [4.78, 5) is 10.4. The van der Waals surface area contributed by atoms with Crippen molar-refractivity contribution in [3.05, 3.63) is 24.3 Å². The van der Waals surface area contributed by atoms with Gasteiger partial charge in [0.2, 0.25) is 5.95 Å². The van der Waals surface area contributed by atoms with Crippen LogP contribution in [0.25, 0.3) is 11.0 Å². The number of hydrogen-bond donors (Lipinski definition) is 1. The van der Waals surface area contributed by atoms with E-state index in [1.54, 1.807) is 0 Å². The number of fused-ring (bicyclic) bond motifs is 1. The highest BCUT2D eigenvalue weighted by molar-refractivity contribution is 6.17. The Bertz CT molecular complexity index is 487. The molecule has 1 aliphatic heterocycles. The summed E-state index contributed by atoms with van der Waals surface area (Å²) in [6.45, 7) is 2.17. The fourth-order valence-electron chi connectivity index (χ4n) is 2.74. The molecule has 0 aliphatic carbocycles. The van der Waals surface area contributed by atoms with Gasteiger partial charge in [-0.1, -0.05) is 12.1 Å². The standard InChI is InChI=1S/C14H18ClN3/c15-8-7-11-4-3-9-18(10-11)14-16-12-5-1-2-6-13(12)17-14/h1-2,5-6,11H,3-4,7-10H2,(H,16,17). The van der Waals surface area contributed by atoms with Crippen molar-refractivity contribution >= 4 is 28.6 Å². The van der Waals surface area contributed by atoms with E-state index in [1.807, 2.05) is 12.1 Å². The van der Waals surface area contributed by atoms with Crippen LogP contribution < -0.4 is 4.90 Å². The number of benzene rings is 1. The number of halogens is 1. The van der Waals surface area contributed by atoms with Gasteiger partial charge in [0.25, 0.3) is 0 Å². The minimum absolute atomic E-state index is 0.712. The number of piperidine rings is 1. The highest BCUT2D eigenvalue weighted by Gasteiger charge is 2.21. The van der Waals surface area contributed by atoms with E-state index in [-0.39, 0.29) is 0 Å². The topological polar surface area (TPSA) is 31.9 Å². The fourth-order valence-corrected chi connectivity index (χ4v) is 3.05. The van der Waals surface area contributed by atoms with Gasteiger partial charge < -0.3 is 9.88 Å². The molecule has 0 radical (unpaired) electrons. The second-order valence-electron chi connectivity index (χ2n) is 5.01. The maximum atomic E-state index is 5.85. The van der Waals surface area contributed by atoms with Gasteiger partial charge in [0.15, 0.2) is 0 Å². The molecule has 2 heterocycles. The van der Waals surface area contributed by atoms with Crippen molar-refractivity contribution in [1.82, 2.24) is 9.97 Å². The Morgan fingerprint density at radius 1 is 1.39 bits per heavy atom. The van der Waals surface area contributed by atoms with E-state index in [0.29, 0.717) is 5.92 Å². The summed E-state index contributed by atoms with van der Waals surface area (Å²) < 4.78 is 0. The summed E-state index contributed by atoms with van der Waals surface area (Å²) in [5, 5.41) is 0. The molecule has 1 aromatic carbocycles. The fraction of sp³-hybridized carbons (Fsp3) is 0.500. The third-order valence-corrected chi connectivity index (χ3v) is 3.93. The Balaban J connectivity index is 1.80. The van der Waals surface area contributed by atoms with Crippen LogP contribution in [-0.4, -0.2) is 28.9 Å². The number of anilines is 1. The van der Waals surface area contributed by atoms with E-state index in [1.165, 1.54) is 12.8 Å². The molecule has 1 atom stereocenters. The molecule has 1 N–H and O–H groups in total. The van der Waals surface area contributed by atoms with Crippen LogP contribution >= 0.6 is 11.6 Å². The second-order valence-corrected chi connectivity index (χ2v) is 5.39. The number of hydrogen-bond acceptors (Lipinski definition) is 2. The van der Waals surface area contributed by atoms with Gasteiger partial charge in [-0.25, -0.2) is 4.98 Å². The quantitative estimate of drug-likeness (QED) is 0.861. The number of aromatic amines is 1. The lowest BCUT2D eigenvalue weighted by molar-refractivity contribution is 0.403. The van der Waals surface area contributed by atoms with Crippen LogP contribution in [-0.2, 0) is 0 Å². The first-order chi connectivity index (χ1) is 8.86. The molecule has 3 rings (SSSR count). The lowest BCUT2D eigenvalue weighted by atomic mass is 9.96. The van der Waals surface area contributed by atoms with Gasteiger partial charge in [-0.2, -0.15) is 0 Å². The van der Waals surface area contributed by atoms with Crippen LogP contribution in [0.3, 0.4) is 0 Å². The number of imidazole rings is 1. The summed E-state index contributed by atoms with van der Waals surface area (Å²) in [7, 11) is 0. The normalized spacial score (nSPS) is 20.5. The van der Waals surface area contributed by atoms with Crippen molar-refractivity contribution in [2.75, 3.05) is 23.9 Å². The van der Waals surface area contributed by atoms with E-state index in [2.05, 4.69) is 27.0 Å². The van der Waals surface area contributed by atoms with Crippen LogP contribution in [0.1, 0.15) is 19.3 Å². The number of alkyl halides is 1. The van der Waals surface area contributed by atoms with E-state index >= 15 is 0 Å². The SMILES string of the molecule is ClCCC1CCCN(c2nc3ccccc3[nH]2)C1. The second kappa shape index (κ2) is 5.19. The zero-order valence-corrected chi connectivity index (χ0v) is 11.2. The third kappa shape index (κ3) is 2.32. The Labute approximate surface area is 112 Å². The lowest BCUT2D eigenvalue weighted by Crippen LogP contribution is -2.36. The molecule has 1 fully saturated rings. The minimum Gasteiger partial charge on any atom is -0.342 e. The van der Waals surface area contributed by atoms with Gasteiger partial charge in [-0.15, -0.1) is 11.6 Å². The first-order valence-electron chi connectivity index (χ1n) is 6.62. The van der Waals surface area contributed by atoms with Crippen LogP contribution in [0, 0.1) is 5.92 Å². The zero-order valence-electron chi connectivity index (χ0n) is 10.4. The molecule has 1 unspecified atom stereocenters. The molecule has 1 saturated heterocycles. The van der Waals surface area contributed by atoms with Gasteiger partial charge >= 0.3 is 0 Å². The van der Waals surface area contributed by atoms with Crippen LogP contribution in [0.5, 0.6) is 0 Å². The highest BCUT2D eigenvalue weighted by Crippen LogP contribution is 2.25. The van der Waals surface area contributed by atoms with Crippen molar-refractivity contribution in [2.45, 2.75) is 19.3 Å². The van der Waals surface area contributed by atoms with Gasteiger partial charge in [0.05, 0.1) is 11.0 Å². The Kier molecular flexibility index (Phi) is 3.41. The first kappa shape index (κ1) is 11.8. The summed E-state index contributed by atoms with van der Waals surface area (Å²) in [6, 6.07) is 8.19. The number of para-hydroxylation sites is 2. The van der Waals surface area contributed by atoms with Crippen molar-refractivity contribution in [2.24, 2.45) is 5.92 Å². The van der Waals surface area contributed by atoms with Crippen LogP contribution in [0.2, 0.25) is 0 Å². The number of nitrogens with zero attached hydrogens (tertiary/aromatic N) is 2. The summed E-state index contributed by atoms with van der Waals surface area (Å²) in [5.74, 6) is 2.48. The third-order valence-electron chi connectivity index (χ3n) is 3.71. The molecule has 0 amide bonds. The van der Waals surface area contributed by atoms with Crippen molar-refractivity contribution in [3.8, 4) is 0 Å². The van der Waals surface area contributed by atoms with Crippen molar-refractivity contribution in [1.29, 1.82) is 0 Å². The minimum atomic E-state index is 0.712. The largest absolute Gasteiger partial charge is 0.342 e. The van der Waals surface area contributed by atoms with Gasteiger partial charge in [0, 0.05) is 19.0 Å². The Hall–Kier alpha value is -1.22. The number of nitrogens with one attached hydrogen (secondary N) is 1. The molecule has 0 saturated carbocycles. The average molecular weight is 264 g/mol. The summed E-state index contributed by atoms with van der Waals surface area (Å²) in [5.41, 5.74) is 2.17. The van der Waals surface area contributed by atoms with Crippen molar-refractivity contribution < 1.29 is 0 Å². The van der Waals surface area contributed by atoms with Gasteiger partial charge in [-0.05, 0) is 37.3 Å². The molecule has 2 aromatic rings. The highest BCUT2D eigenvalue weighted by atomic mass is 35.5. The predicted molar refractivity (Wildman–Crippen MR) is 76.4 cm³/mol. The number of rotatable bonds is 3. The van der Waals surface area contributed by atoms with E-state index in [0.717, 1.165) is 42.4 Å². The molecule has 18 heavy (non-hydrogen) atoms. The maximum Gasteiger partial charge on any atom is 0.203 e. The van der Waals surface area contributed by atoms with E-state index in [9.17, 15) is 0 Å². The lowest BCUT2D eigenvalue weighted by Gasteiger charge is -2.32. The Morgan fingerprint density at radius 2 is 2.28 bits per heavy atom. The predicted octanol–water partition coefficient (Wildman–Crippen LogP) is 3.41. The molecule has 1 aromatic heterocycles. The number of H-pyrrole nitrogens is 1. The molecule has 4 heteroatoms.